The molecule has 6 nitrogen and oxygen atoms in total. The topological polar surface area (TPSA) is 85.5 Å². The van der Waals surface area contributed by atoms with Gasteiger partial charge >= 0.3 is 5.97 Å². The van der Waals surface area contributed by atoms with E-state index in [1.807, 2.05) is 13.8 Å². The van der Waals surface area contributed by atoms with Gasteiger partial charge in [-0.1, -0.05) is 19.0 Å². The molecule has 1 aromatic rings. The van der Waals surface area contributed by atoms with Gasteiger partial charge in [-0.2, -0.15) is 4.98 Å². The average Bonchev–Trinajstić information content (AvgIpc) is 2.94. The third-order valence-electron chi connectivity index (χ3n) is 4.37. The number of aromatic nitrogens is 2. The molecule has 2 heterocycles. The molecule has 1 aliphatic heterocycles. The van der Waals surface area contributed by atoms with E-state index in [4.69, 9.17) is 9.26 Å². The minimum Gasteiger partial charge on any atom is -0.481 e. The van der Waals surface area contributed by atoms with E-state index in [0.717, 1.165) is 26.1 Å². The molecule has 0 unspecified atom stereocenters. The Morgan fingerprint density at radius 2 is 2.00 bits per heavy atom. The van der Waals surface area contributed by atoms with Crippen molar-refractivity contribution >= 4 is 5.97 Å². The molecule has 0 spiro atoms. The fourth-order valence-corrected chi connectivity index (χ4v) is 2.63. The van der Waals surface area contributed by atoms with Gasteiger partial charge < -0.3 is 14.4 Å². The number of nitrogens with zero attached hydrogens (tertiary/aromatic N) is 2. The Bertz CT molecular complexity index is 448. The van der Waals surface area contributed by atoms with Gasteiger partial charge in [0.05, 0.1) is 5.41 Å². The van der Waals surface area contributed by atoms with Crippen LogP contribution in [0.25, 0.3) is 0 Å². The van der Waals surface area contributed by atoms with E-state index >= 15 is 0 Å². The number of hydrogen-bond donors (Lipinski definition) is 1. The first-order valence-corrected chi connectivity index (χ1v) is 7.25. The van der Waals surface area contributed by atoms with E-state index in [2.05, 4.69) is 10.1 Å². The van der Waals surface area contributed by atoms with Crippen molar-refractivity contribution in [3.63, 3.8) is 0 Å². The average molecular weight is 282 g/mol. The molecule has 1 fully saturated rings. The second-order valence-corrected chi connectivity index (χ2v) is 5.40. The Kier molecular flexibility index (Phi) is 4.75. The molecule has 2 rings (SSSR count). The Hall–Kier alpha value is -1.43. The molecule has 0 bridgehead atoms. The summed E-state index contributed by atoms with van der Waals surface area (Å²) in [6.07, 6.45) is 3.18. The smallest absolute Gasteiger partial charge is 0.310 e. The normalized spacial score (nSPS) is 17.3. The van der Waals surface area contributed by atoms with Crippen LogP contribution >= 0.6 is 0 Å². The first-order valence-electron chi connectivity index (χ1n) is 7.25. The first kappa shape index (κ1) is 15.0. The molecule has 1 aliphatic rings. The van der Waals surface area contributed by atoms with Gasteiger partial charge in [-0.15, -0.1) is 0 Å². The van der Waals surface area contributed by atoms with Crippen LogP contribution < -0.4 is 0 Å². The van der Waals surface area contributed by atoms with Crippen LogP contribution in [0.1, 0.15) is 57.2 Å². The molecule has 112 valence electrons. The van der Waals surface area contributed by atoms with Crippen LogP contribution in [0, 0.1) is 5.41 Å². The molecular weight excluding hydrogens is 260 g/mol. The number of aliphatic carboxylic acids is 1. The Balaban J connectivity index is 2.10. The minimum atomic E-state index is -0.806. The zero-order valence-corrected chi connectivity index (χ0v) is 12.1. The van der Waals surface area contributed by atoms with E-state index in [0.29, 0.717) is 31.0 Å². The van der Waals surface area contributed by atoms with E-state index in [-0.39, 0.29) is 5.92 Å². The molecule has 0 amide bonds. The number of carbonyl (C=O) groups is 1. The van der Waals surface area contributed by atoms with E-state index in [9.17, 15) is 9.90 Å². The highest BCUT2D eigenvalue weighted by molar-refractivity contribution is 5.74. The van der Waals surface area contributed by atoms with Gasteiger partial charge in [0.15, 0.2) is 5.82 Å². The number of ether oxygens (including phenoxy) is 1. The van der Waals surface area contributed by atoms with Crippen molar-refractivity contribution in [1.29, 1.82) is 0 Å². The molecule has 0 aromatic carbocycles. The van der Waals surface area contributed by atoms with Crippen LogP contribution in [-0.4, -0.2) is 34.4 Å². The maximum atomic E-state index is 11.5. The standard InChI is InChI=1S/C14H22N2O4/c1-3-14(4-2,13(17)18)9-11-15-12(16-20-11)10-5-7-19-8-6-10/h10H,3-9H2,1-2H3,(H,17,18). The summed E-state index contributed by atoms with van der Waals surface area (Å²) in [5.41, 5.74) is -0.806. The van der Waals surface area contributed by atoms with Crippen LogP contribution in [0.15, 0.2) is 4.52 Å². The van der Waals surface area contributed by atoms with Crippen molar-refractivity contribution in [2.75, 3.05) is 13.2 Å². The SMILES string of the molecule is CCC(CC)(Cc1nc(C2CCOCC2)no1)C(=O)O. The lowest BCUT2D eigenvalue weighted by Crippen LogP contribution is -2.32. The largest absolute Gasteiger partial charge is 0.481 e. The lowest BCUT2D eigenvalue weighted by molar-refractivity contribution is -0.149. The van der Waals surface area contributed by atoms with Crippen molar-refractivity contribution in [2.24, 2.45) is 5.41 Å². The quantitative estimate of drug-likeness (QED) is 0.862. The van der Waals surface area contributed by atoms with Crippen LogP contribution in [0.5, 0.6) is 0 Å². The predicted molar refractivity (Wildman–Crippen MR) is 71.4 cm³/mol. The fraction of sp³-hybridized carbons (Fsp3) is 0.786. The molecule has 1 aromatic heterocycles. The number of carboxylic acids is 1. The highest BCUT2D eigenvalue weighted by Gasteiger charge is 2.37. The van der Waals surface area contributed by atoms with E-state index in [1.54, 1.807) is 0 Å². The zero-order valence-electron chi connectivity index (χ0n) is 12.1. The maximum Gasteiger partial charge on any atom is 0.310 e. The van der Waals surface area contributed by atoms with Gasteiger partial charge in [-0.05, 0) is 25.7 Å². The van der Waals surface area contributed by atoms with Crippen molar-refractivity contribution in [1.82, 2.24) is 10.1 Å². The Labute approximate surface area is 118 Å². The van der Waals surface area contributed by atoms with Gasteiger partial charge in [0, 0.05) is 25.6 Å². The van der Waals surface area contributed by atoms with E-state index in [1.165, 1.54) is 0 Å². The number of carboxylic acid groups (broad SMARTS) is 1. The van der Waals surface area contributed by atoms with Crippen molar-refractivity contribution in [2.45, 2.75) is 51.9 Å². The van der Waals surface area contributed by atoms with Crippen LogP contribution in [0.2, 0.25) is 0 Å². The van der Waals surface area contributed by atoms with Gasteiger partial charge in [0.1, 0.15) is 0 Å². The lowest BCUT2D eigenvalue weighted by atomic mass is 9.79. The summed E-state index contributed by atoms with van der Waals surface area (Å²) in [7, 11) is 0. The van der Waals surface area contributed by atoms with Gasteiger partial charge in [0.25, 0.3) is 0 Å². The predicted octanol–water partition coefficient (Wildman–Crippen LogP) is 2.40. The van der Waals surface area contributed by atoms with E-state index < -0.39 is 11.4 Å². The third-order valence-corrected chi connectivity index (χ3v) is 4.37. The monoisotopic (exact) mass is 282 g/mol. The summed E-state index contributed by atoms with van der Waals surface area (Å²) in [5, 5.41) is 13.5. The van der Waals surface area contributed by atoms with Gasteiger partial charge in [0.2, 0.25) is 5.89 Å². The second-order valence-electron chi connectivity index (χ2n) is 5.40. The summed E-state index contributed by atoms with van der Waals surface area (Å²) in [4.78, 5) is 15.9. The molecule has 0 saturated carbocycles. The highest BCUT2D eigenvalue weighted by Crippen LogP contribution is 2.32. The molecule has 0 radical (unpaired) electrons. The third kappa shape index (κ3) is 3.00. The first-order chi connectivity index (χ1) is 9.61. The summed E-state index contributed by atoms with van der Waals surface area (Å²) in [6.45, 7) is 5.20. The molecule has 1 saturated heterocycles. The van der Waals surface area contributed by atoms with Crippen LogP contribution in [-0.2, 0) is 16.0 Å². The molecule has 0 aliphatic carbocycles. The van der Waals surface area contributed by atoms with Crippen molar-refractivity contribution in [3.05, 3.63) is 11.7 Å². The molecule has 1 N–H and O–H groups in total. The van der Waals surface area contributed by atoms with Crippen molar-refractivity contribution in [3.8, 4) is 0 Å². The summed E-state index contributed by atoms with van der Waals surface area (Å²) >= 11 is 0. The molecule has 6 heteroatoms. The number of rotatable bonds is 6. The summed E-state index contributed by atoms with van der Waals surface area (Å²) < 4.78 is 10.6. The maximum absolute atomic E-state index is 11.5. The molecular formula is C14H22N2O4. The fourth-order valence-electron chi connectivity index (χ4n) is 2.63. The van der Waals surface area contributed by atoms with Crippen LogP contribution in [0.3, 0.4) is 0 Å². The minimum absolute atomic E-state index is 0.267. The zero-order chi connectivity index (χ0) is 14.6. The number of hydrogen-bond acceptors (Lipinski definition) is 5. The Morgan fingerprint density at radius 3 is 2.55 bits per heavy atom. The lowest BCUT2D eigenvalue weighted by Gasteiger charge is -2.24. The second kappa shape index (κ2) is 6.35. The Morgan fingerprint density at radius 1 is 1.35 bits per heavy atom. The molecule has 20 heavy (non-hydrogen) atoms. The van der Waals surface area contributed by atoms with Crippen molar-refractivity contribution < 1.29 is 19.2 Å². The summed E-state index contributed by atoms with van der Waals surface area (Å²) in [6, 6.07) is 0. The van der Waals surface area contributed by atoms with Gasteiger partial charge in [-0.3, -0.25) is 4.79 Å². The van der Waals surface area contributed by atoms with Crippen LogP contribution in [0.4, 0.5) is 0 Å². The highest BCUT2D eigenvalue weighted by atomic mass is 16.5. The molecule has 0 atom stereocenters. The summed E-state index contributed by atoms with van der Waals surface area (Å²) in [5.74, 6) is 0.587. The van der Waals surface area contributed by atoms with Gasteiger partial charge in [-0.25, -0.2) is 0 Å².